The van der Waals surface area contributed by atoms with Crippen molar-refractivity contribution in [3.05, 3.63) is 40.5 Å². The summed E-state index contributed by atoms with van der Waals surface area (Å²) in [5, 5.41) is 9.27. The van der Waals surface area contributed by atoms with E-state index in [4.69, 9.17) is 0 Å². The summed E-state index contributed by atoms with van der Waals surface area (Å²) >= 11 is 0. The molecule has 0 saturated heterocycles. The Kier molecular flexibility index (Phi) is 2.42. The Morgan fingerprint density at radius 3 is 2.79 bits per heavy atom. The highest BCUT2D eigenvalue weighted by Gasteiger charge is 2.15. The standard InChI is InChI=1S/C13H16O/c1-9(2)13-11(8-14)7-6-10-4-3-5-12(10)13/h3,5-7,9,14H,4,8H2,1-2H3. The van der Waals surface area contributed by atoms with Gasteiger partial charge in [0, 0.05) is 0 Å². The molecule has 1 N–H and O–H groups in total. The minimum Gasteiger partial charge on any atom is -0.392 e. The minimum atomic E-state index is 0.147. The van der Waals surface area contributed by atoms with Gasteiger partial charge >= 0.3 is 0 Å². The van der Waals surface area contributed by atoms with Crippen LogP contribution in [0.2, 0.25) is 0 Å². The lowest BCUT2D eigenvalue weighted by Gasteiger charge is -2.15. The van der Waals surface area contributed by atoms with Gasteiger partial charge in [0.1, 0.15) is 0 Å². The Morgan fingerprint density at radius 2 is 2.14 bits per heavy atom. The fraction of sp³-hybridized carbons (Fsp3) is 0.385. The molecule has 0 aromatic heterocycles. The highest BCUT2D eigenvalue weighted by molar-refractivity contribution is 5.65. The second-order valence-corrected chi connectivity index (χ2v) is 4.13. The Morgan fingerprint density at radius 1 is 1.36 bits per heavy atom. The zero-order chi connectivity index (χ0) is 10.1. The normalized spacial score (nSPS) is 13.7. The van der Waals surface area contributed by atoms with E-state index < -0.39 is 0 Å². The Bertz CT molecular complexity index is 375. The van der Waals surface area contributed by atoms with Gasteiger partial charge in [-0.1, -0.05) is 38.1 Å². The highest BCUT2D eigenvalue weighted by Crippen LogP contribution is 2.31. The van der Waals surface area contributed by atoms with Crippen molar-refractivity contribution in [1.29, 1.82) is 0 Å². The fourth-order valence-electron chi connectivity index (χ4n) is 2.22. The lowest BCUT2D eigenvalue weighted by Crippen LogP contribution is -2.01. The highest BCUT2D eigenvalue weighted by atomic mass is 16.3. The Hall–Kier alpha value is -1.08. The molecule has 1 aliphatic carbocycles. The van der Waals surface area contributed by atoms with Crippen LogP contribution in [0.15, 0.2) is 18.2 Å². The van der Waals surface area contributed by atoms with Gasteiger partial charge in [0.05, 0.1) is 6.61 Å². The molecule has 14 heavy (non-hydrogen) atoms. The molecule has 0 atom stereocenters. The molecule has 1 aliphatic rings. The third-order valence-electron chi connectivity index (χ3n) is 2.84. The number of rotatable bonds is 2. The number of hydrogen-bond acceptors (Lipinski definition) is 1. The fourth-order valence-corrected chi connectivity index (χ4v) is 2.22. The quantitative estimate of drug-likeness (QED) is 0.756. The molecule has 74 valence electrons. The molecular formula is C13H16O. The van der Waals surface area contributed by atoms with Gasteiger partial charge in [-0.3, -0.25) is 0 Å². The van der Waals surface area contributed by atoms with Gasteiger partial charge in [0.15, 0.2) is 0 Å². The first-order valence-electron chi connectivity index (χ1n) is 5.16. The van der Waals surface area contributed by atoms with Crippen LogP contribution in [0.5, 0.6) is 0 Å². The lowest BCUT2D eigenvalue weighted by atomic mass is 9.90. The van der Waals surface area contributed by atoms with Gasteiger partial charge in [0.2, 0.25) is 0 Å². The van der Waals surface area contributed by atoms with E-state index in [0.717, 1.165) is 12.0 Å². The van der Waals surface area contributed by atoms with Crippen LogP contribution in [0.4, 0.5) is 0 Å². The van der Waals surface area contributed by atoms with Crippen molar-refractivity contribution >= 4 is 6.08 Å². The molecule has 0 heterocycles. The van der Waals surface area contributed by atoms with Crippen LogP contribution < -0.4 is 0 Å². The number of fused-ring (bicyclic) bond motifs is 1. The van der Waals surface area contributed by atoms with Crippen molar-refractivity contribution in [2.24, 2.45) is 0 Å². The maximum absolute atomic E-state index is 9.27. The van der Waals surface area contributed by atoms with Crippen molar-refractivity contribution in [3.63, 3.8) is 0 Å². The van der Waals surface area contributed by atoms with Gasteiger partial charge in [-0.05, 0) is 34.6 Å². The Balaban J connectivity index is 2.61. The summed E-state index contributed by atoms with van der Waals surface area (Å²) in [6, 6.07) is 4.19. The minimum absolute atomic E-state index is 0.147. The largest absolute Gasteiger partial charge is 0.392 e. The molecule has 1 aromatic carbocycles. The molecule has 0 saturated carbocycles. The monoisotopic (exact) mass is 188 g/mol. The van der Waals surface area contributed by atoms with Crippen LogP contribution in [0, 0.1) is 0 Å². The lowest BCUT2D eigenvalue weighted by molar-refractivity contribution is 0.280. The van der Waals surface area contributed by atoms with E-state index in [1.807, 2.05) is 0 Å². The average Bonchev–Trinajstić information content (AvgIpc) is 2.62. The van der Waals surface area contributed by atoms with Crippen molar-refractivity contribution in [1.82, 2.24) is 0 Å². The molecule has 1 heteroatoms. The van der Waals surface area contributed by atoms with Crippen LogP contribution >= 0.6 is 0 Å². The first-order valence-corrected chi connectivity index (χ1v) is 5.16. The van der Waals surface area contributed by atoms with Crippen LogP contribution in [0.1, 0.15) is 42.0 Å². The van der Waals surface area contributed by atoms with Crippen molar-refractivity contribution < 1.29 is 5.11 Å². The summed E-state index contributed by atoms with van der Waals surface area (Å²) in [6.07, 6.45) is 5.42. The molecule has 0 aliphatic heterocycles. The van der Waals surface area contributed by atoms with E-state index in [1.165, 1.54) is 16.7 Å². The molecule has 0 bridgehead atoms. The summed E-state index contributed by atoms with van der Waals surface area (Å²) in [7, 11) is 0. The third-order valence-corrected chi connectivity index (χ3v) is 2.84. The number of aliphatic hydroxyl groups is 1. The molecule has 0 spiro atoms. The summed E-state index contributed by atoms with van der Waals surface area (Å²) in [4.78, 5) is 0. The predicted octanol–water partition coefficient (Wildman–Crippen LogP) is 2.87. The van der Waals surface area contributed by atoms with Crippen LogP contribution in [-0.4, -0.2) is 5.11 Å². The van der Waals surface area contributed by atoms with E-state index in [-0.39, 0.29) is 6.61 Å². The maximum Gasteiger partial charge on any atom is 0.0684 e. The molecule has 0 unspecified atom stereocenters. The first kappa shape index (κ1) is 9.47. The topological polar surface area (TPSA) is 20.2 Å². The van der Waals surface area contributed by atoms with E-state index in [1.54, 1.807) is 0 Å². The summed E-state index contributed by atoms with van der Waals surface area (Å²) in [5.74, 6) is 0.481. The number of hydrogen-bond donors (Lipinski definition) is 1. The number of allylic oxidation sites excluding steroid dienone is 1. The second-order valence-electron chi connectivity index (χ2n) is 4.13. The molecule has 1 nitrogen and oxygen atoms in total. The van der Waals surface area contributed by atoms with Crippen molar-refractivity contribution in [2.45, 2.75) is 32.8 Å². The zero-order valence-corrected chi connectivity index (χ0v) is 8.75. The number of benzene rings is 1. The van der Waals surface area contributed by atoms with Gasteiger partial charge in [-0.25, -0.2) is 0 Å². The zero-order valence-electron chi connectivity index (χ0n) is 8.75. The van der Waals surface area contributed by atoms with E-state index in [2.05, 4.69) is 38.1 Å². The van der Waals surface area contributed by atoms with Gasteiger partial charge < -0.3 is 5.11 Å². The van der Waals surface area contributed by atoms with E-state index >= 15 is 0 Å². The molecule has 2 rings (SSSR count). The predicted molar refractivity (Wildman–Crippen MR) is 59.2 cm³/mol. The third kappa shape index (κ3) is 1.38. The SMILES string of the molecule is CC(C)c1c(CO)ccc2c1C=CC2. The van der Waals surface area contributed by atoms with Crippen LogP contribution in [0.3, 0.4) is 0 Å². The van der Waals surface area contributed by atoms with Crippen molar-refractivity contribution in [2.75, 3.05) is 0 Å². The maximum atomic E-state index is 9.27. The molecule has 1 aromatic rings. The summed E-state index contributed by atoms with van der Waals surface area (Å²) in [6.45, 7) is 4.51. The molecular weight excluding hydrogens is 172 g/mol. The first-order chi connectivity index (χ1) is 6.74. The van der Waals surface area contributed by atoms with Crippen molar-refractivity contribution in [3.8, 4) is 0 Å². The van der Waals surface area contributed by atoms with Gasteiger partial charge in [-0.2, -0.15) is 0 Å². The van der Waals surface area contributed by atoms with E-state index in [9.17, 15) is 5.11 Å². The van der Waals surface area contributed by atoms with Gasteiger partial charge in [-0.15, -0.1) is 0 Å². The number of aliphatic hydroxyl groups excluding tert-OH is 1. The smallest absolute Gasteiger partial charge is 0.0684 e. The van der Waals surface area contributed by atoms with Crippen LogP contribution in [0.25, 0.3) is 6.08 Å². The molecule has 0 amide bonds. The average molecular weight is 188 g/mol. The summed E-state index contributed by atoms with van der Waals surface area (Å²) in [5.41, 5.74) is 5.13. The summed E-state index contributed by atoms with van der Waals surface area (Å²) < 4.78 is 0. The molecule has 0 radical (unpaired) electrons. The van der Waals surface area contributed by atoms with E-state index in [0.29, 0.717) is 5.92 Å². The van der Waals surface area contributed by atoms with Crippen LogP contribution in [-0.2, 0) is 13.0 Å². The van der Waals surface area contributed by atoms with Gasteiger partial charge in [0.25, 0.3) is 0 Å². The Labute approximate surface area is 85.1 Å². The molecule has 0 fully saturated rings. The second kappa shape index (κ2) is 3.58.